The minimum Gasteiger partial charge on any atom is -0.310 e. The second-order valence-corrected chi connectivity index (χ2v) is 18.0. The Morgan fingerprint density at radius 2 is 0.809 bits per heavy atom. The van der Waals surface area contributed by atoms with Crippen LogP contribution in [-0.2, 0) is 5.41 Å². The first kappa shape index (κ1) is 38.4. The van der Waals surface area contributed by atoms with E-state index in [4.69, 9.17) is 0 Å². The highest BCUT2D eigenvalue weighted by atomic mass is 15.2. The number of hydrogen-bond donors (Lipinski definition) is 0. The Bertz CT molecular complexity index is 3870. The first-order chi connectivity index (χ1) is 33.8. The van der Waals surface area contributed by atoms with Crippen LogP contribution in [0.5, 0.6) is 0 Å². The Balaban J connectivity index is 1.12. The maximum atomic E-state index is 2.54. The average molecular weight is 866 g/mol. The van der Waals surface area contributed by atoms with Gasteiger partial charge >= 0.3 is 0 Å². The summed E-state index contributed by atoms with van der Waals surface area (Å²) in [7, 11) is 0. The zero-order valence-corrected chi connectivity index (χ0v) is 37.2. The predicted octanol–water partition coefficient (Wildman–Crippen LogP) is 17.2. The van der Waals surface area contributed by atoms with Gasteiger partial charge < -0.3 is 14.4 Å². The van der Waals surface area contributed by atoms with Crippen molar-refractivity contribution in [3.05, 3.63) is 283 Å². The van der Waals surface area contributed by atoms with E-state index in [1.54, 1.807) is 0 Å². The van der Waals surface area contributed by atoms with E-state index >= 15 is 0 Å². The van der Waals surface area contributed by atoms with E-state index in [9.17, 15) is 0 Å². The van der Waals surface area contributed by atoms with Crippen LogP contribution >= 0.6 is 0 Å². The minimum absolute atomic E-state index is 0.678. The Kier molecular flexibility index (Phi) is 8.50. The Hall–Kier alpha value is -8.92. The van der Waals surface area contributed by atoms with E-state index < -0.39 is 5.41 Å². The summed E-state index contributed by atoms with van der Waals surface area (Å²) >= 11 is 0. The van der Waals surface area contributed by atoms with Gasteiger partial charge in [-0.1, -0.05) is 182 Å². The summed E-state index contributed by atoms with van der Waals surface area (Å²) < 4.78 is 2.43. The van der Waals surface area contributed by atoms with Gasteiger partial charge in [-0.05, 0) is 123 Å². The maximum Gasteiger partial charge on any atom is 0.0747 e. The molecule has 3 heteroatoms. The summed E-state index contributed by atoms with van der Waals surface area (Å²) in [5.41, 5.74) is 19.7. The number of nitrogens with zero attached hydrogens (tertiary/aromatic N) is 3. The summed E-state index contributed by atoms with van der Waals surface area (Å²) in [6, 6.07) is 96.2. The summed E-state index contributed by atoms with van der Waals surface area (Å²) in [6.07, 6.45) is 0. The number of para-hydroxylation sites is 5. The SMILES string of the molecule is c1ccc(N(c2ccccc2)c2cccc3c2-c2ccccc2C32c3ccccc3-c3c2c(N(c2ccccc2)c2ccc4c5ccccc5n(-c5ccccc5)c4c2)cc2ccccc32)cc1. The smallest absolute Gasteiger partial charge is 0.0747 e. The van der Waals surface area contributed by atoms with Gasteiger partial charge in [0, 0.05) is 50.3 Å². The van der Waals surface area contributed by atoms with Crippen LogP contribution in [0, 0.1) is 0 Å². The molecule has 2 aliphatic rings. The Labute approximate surface area is 395 Å². The van der Waals surface area contributed by atoms with Crippen molar-refractivity contribution in [1.82, 2.24) is 4.57 Å². The van der Waals surface area contributed by atoms with Crippen LogP contribution < -0.4 is 9.80 Å². The average Bonchev–Trinajstić information content (AvgIpc) is 4.02. The van der Waals surface area contributed by atoms with Gasteiger partial charge in [-0.2, -0.15) is 0 Å². The van der Waals surface area contributed by atoms with Gasteiger partial charge in [0.1, 0.15) is 0 Å². The summed E-state index contributed by atoms with van der Waals surface area (Å²) in [5.74, 6) is 0. The van der Waals surface area contributed by atoms with E-state index in [2.05, 4.69) is 275 Å². The van der Waals surface area contributed by atoms with Crippen LogP contribution in [0.1, 0.15) is 22.3 Å². The normalized spacial score (nSPS) is 14.2. The van der Waals surface area contributed by atoms with Crippen molar-refractivity contribution < 1.29 is 0 Å². The highest BCUT2D eigenvalue weighted by Crippen LogP contribution is 2.68. The second-order valence-electron chi connectivity index (χ2n) is 18.0. The molecule has 1 atom stereocenters. The molecule has 0 aliphatic heterocycles. The van der Waals surface area contributed by atoms with Crippen molar-refractivity contribution >= 4 is 66.7 Å². The molecular weight excluding hydrogens is 823 g/mol. The molecular formula is C65H43N3. The van der Waals surface area contributed by atoms with Gasteiger partial charge in [0.15, 0.2) is 0 Å². The second kappa shape index (κ2) is 15.1. The standard InChI is InChI=1S/C65H43N3/c1-5-23-45(24-6-1)66(46-25-7-2-8-26-46)59-39-21-37-57-63(59)54-34-16-19-36-56(54)65(57)55-35-18-15-33-53(55)62-50-31-14-13-22-44(50)42-61(64(62)65)67(47-27-9-3-10-28-47)49-40-41-52-51-32-17-20-38-58(51)68(60(52)43-49)48-29-11-4-12-30-48/h1-43H. The summed E-state index contributed by atoms with van der Waals surface area (Å²) in [5, 5.41) is 4.91. The molecule has 0 amide bonds. The lowest BCUT2D eigenvalue weighted by Gasteiger charge is -2.36. The first-order valence-corrected chi connectivity index (χ1v) is 23.5. The molecule has 14 rings (SSSR count). The fourth-order valence-electron chi connectivity index (χ4n) is 11.9. The fourth-order valence-corrected chi connectivity index (χ4v) is 11.9. The lowest BCUT2D eigenvalue weighted by atomic mass is 9.69. The van der Waals surface area contributed by atoms with Crippen molar-refractivity contribution in [2.45, 2.75) is 5.41 Å². The number of hydrogen-bond acceptors (Lipinski definition) is 2. The van der Waals surface area contributed by atoms with Gasteiger partial charge in [-0.25, -0.2) is 0 Å². The van der Waals surface area contributed by atoms with Crippen molar-refractivity contribution in [3.8, 4) is 27.9 Å². The molecule has 68 heavy (non-hydrogen) atoms. The molecule has 0 radical (unpaired) electrons. The highest BCUT2D eigenvalue weighted by molar-refractivity contribution is 6.13. The molecule has 2 aliphatic carbocycles. The van der Waals surface area contributed by atoms with Crippen LogP contribution in [0.4, 0.5) is 34.1 Å². The van der Waals surface area contributed by atoms with E-state index in [1.165, 1.54) is 71.6 Å². The molecule has 0 saturated carbocycles. The molecule has 1 spiro atoms. The number of aromatic nitrogens is 1. The van der Waals surface area contributed by atoms with Crippen LogP contribution in [0.2, 0.25) is 0 Å². The van der Waals surface area contributed by atoms with Gasteiger partial charge in [0.25, 0.3) is 0 Å². The molecule has 1 aromatic heterocycles. The molecule has 12 aromatic rings. The van der Waals surface area contributed by atoms with Gasteiger partial charge in [0.2, 0.25) is 0 Å². The van der Waals surface area contributed by atoms with Gasteiger partial charge in [-0.15, -0.1) is 0 Å². The number of fused-ring (bicyclic) bond motifs is 15. The van der Waals surface area contributed by atoms with E-state index in [0.29, 0.717) is 0 Å². The van der Waals surface area contributed by atoms with Crippen molar-refractivity contribution in [2.75, 3.05) is 9.80 Å². The Morgan fingerprint density at radius 3 is 1.47 bits per heavy atom. The summed E-state index contributed by atoms with van der Waals surface area (Å²) in [6.45, 7) is 0. The lowest BCUT2D eigenvalue weighted by molar-refractivity contribution is 0.793. The van der Waals surface area contributed by atoms with E-state index in [-0.39, 0.29) is 0 Å². The topological polar surface area (TPSA) is 11.4 Å². The zero-order chi connectivity index (χ0) is 44.8. The number of rotatable bonds is 7. The van der Waals surface area contributed by atoms with Crippen LogP contribution in [0.15, 0.2) is 261 Å². The third kappa shape index (κ3) is 5.41. The maximum absolute atomic E-state index is 2.54. The third-order valence-corrected chi connectivity index (χ3v) is 14.5. The van der Waals surface area contributed by atoms with E-state index in [0.717, 1.165) is 45.3 Å². The molecule has 0 fully saturated rings. The first-order valence-electron chi connectivity index (χ1n) is 23.5. The third-order valence-electron chi connectivity index (χ3n) is 14.5. The fraction of sp³-hybridized carbons (Fsp3) is 0.0154. The molecule has 1 heterocycles. The van der Waals surface area contributed by atoms with Crippen LogP contribution in [-0.4, -0.2) is 4.57 Å². The predicted molar refractivity (Wildman–Crippen MR) is 284 cm³/mol. The molecule has 0 saturated heterocycles. The largest absolute Gasteiger partial charge is 0.310 e. The van der Waals surface area contributed by atoms with Crippen molar-refractivity contribution in [3.63, 3.8) is 0 Å². The molecule has 3 nitrogen and oxygen atoms in total. The van der Waals surface area contributed by atoms with Gasteiger partial charge in [-0.3, -0.25) is 0 Å². The molecule has 0 N–H and O–H groups in total. The lowest BCUT2D eigenvalue weighted by Crippen LogP contribution is -2.28. The summed E-state index contributed by atoms with van der Waals surface area (Å²) in [4.78, 5) is 4.98. The minimum atomic E-state index is -0.678. The van der Waals surface area contributed by atoms with Crippen molar-refractivity contribution in [2.24, 2.45) is 0 Å². The quantitative estimate of drug-likeness (QED) is 0.158. The number of benzene rings is 11. The monoisotopic (exact) mass is 865 g/mol. The zero-order valence-electron chi connectivity index (χ0n) is 37.2. The molecule has 0 bridgehead atoms. The number of anilines is 6. The van der Waals surface area contributed by atoms with E-state index in [1.807, 2.05) is 0 Å². The molecule has 318 valence electrons. The van der Waals surface area contributed by atoms with Crippen LogP contribution in [0.25, 0.3) is 60.5 Å². The molecule has 1 unspecified atom stereocenters. The Morgan fingerprint density at radius 1 is 0.309 bits per heavy atom. The van der Waals surface area contributed by atoms with Crippen LogP contribution in [0.3, 0.4) is 0 Å². The van der Waals surface area contributed by atoms with Crippen molar-refractivity contribution in [1.29, 1.82) is 0 Å². The molecule has 11 aromatic carbocycles. The van der Waals surface area contributed by atoms with Gasteiger partial charge in [0.05, 0.1) is 27.8 Å². The highest BCUT2D eigenvalue weighted by Gasteiger charge is 2.54.